The van der Waals surface area contributed by atoms with Gasteiger partial charge in [0.25, 0.3) is 5.56 Å². The number of fused-ring (bicyclic) bond motifs is 1. The Balaban J connectivity index is 1.80. The van der Waals surface area contributed by atoms with Crippen LogP contribution in [-0.4, -0.2) is 29.3 Å². The number of amides is 1. The lowest BCUT2D eigenvalue weighted by atomic mass is 10.1. The van der Waals surface area contributed by atoms with Crippen molar-refractivity contribution >= 4 is 22.5 Å². The predicted octanol–water partition coefficient (Wildman–Crippen LogP) is 3.43. The van der Waals surface area contributed by atoms with Crippen LogP contribution >= 0.6 is 0 Å². The highest BCUT2D eigenvalue weighted by molar-refractivity contribution is 5.92. The van der Waals surface area contributed by atoms with Gasteiger partial charge in [0.15, 0.2) is 11.5 Å². The van der Waals surface area contributed by atoms with Crippen molar-refractivity contribution in [3.05, 3.63) is 92.6 Å². The van der Waals surface area contributed by atoms with Crippen LogP contribution in [0.3, 0.4) is 0 Å². The Bertz CT molecular complexity index is 1520. The number of methoxy groups -OCH3 is 2. The monoisotopic (exact) mass is 459 g/mol. The van der Waals surface area contributed by atoms with Crippen molar-refractivity contribution < 1.29 is 14.3 Å². The molecule has 0 spiro atoms. The second kappa shape index (κ2) is 9.27. The summed E-state index contributed by atoms with van der Waals surface area (Å²) in [6, 6.07) is 17.3. The van der Waals surface area contributed by atoms with Crippen LogP contribution in [0.25, 0.3) is 16.6 Å². The third-order valence-corrected chi connectivity index (χ3v) is 5.53. The van der Waals surface area contributed by atoms with E-state index in [9.17, 15) is 14.4 Å². The maximum atomic E-state index is 13.5. The number of rotatable bonds is 6. The van der Waals surface area contributed by atoms with E-state index < -0.39 is 17.2 Å². The second-order valence-corrected chi connectivity index (χ2v) is 7.99. The minimum Gasteiger partial charge on any atom is -0.493 e. The number of anilines is 1. The highest BCUT2D eigenvalue weighted by atomic mass is 16.5. The highest BCUT2D eigenvalue weighted by Gasteiger charge is 2.17. The second-order valence-electron chi connectivity index (χ2n) is 7.99. The summed E-state index contributed by atoms with van der Waals surface area (Å²) >= 11 is 0. The lowest BCUT2D eigenvalue weighted by Crippen LogP contribution is -2.40. The van der Waals surface area contributed by atoms with E-state index in [-0.39, 0.29) is 6.54 Å². The fourth-order valence-corrected chi connectivity index (χ4v) is 3.89. The van der Waals surface area contributed by atoms with Gasteiger partial charge in [-0.05, 0) is 55.8 Å². The number of nitrogens with zero attached hydrogens (tertiary/aromatic N) is 2. The summed E-state index contributed by atoms with van der Waals surface area (Å²) in [5.41, 5.74) is 2.11. The zero-order chi connectivity index (χ0) is 24.4. The van der Waals surface area contributed by atoms with Crippen molar-refractivity contribution in [3.8, 4) is 17.2 Å². The van der Waals surface area contributed by atoms with E-state index in [2.05, 4.69) is 5.32 Å². The zero-order valence-corrected chi connectivity index (χ0v) is 19.4. The molecule has 1 heterocycles. The van der Waals surface area contributed by atoms with Crippen LogP contribution in [0.2, 0.25) is 0 Å². The summed E-state index contributed by atoms with van der Waals surface area (Å²) in [7, 11) is 3.03. The van der Waals surface area contributed by atoms with Crippen LogP contribution in [0.1, 0.15) is 11.1 Å². The van der Waals surface area contributed by atoms with Gasteiger partial charge in [-0.1, -0.05) is 23.8 Å². The van der Waals surface area contributed by atoms with E-state index in [1.54, 1.807) is 54.6 Å². The van der Waals surface area contributed by atoms with E-state index in [0.29, 0.717) is 33.8 Å². The molecule has 4 aromatic rings. The Morgan fingerprint density at radius 3 is 2.32 bits per heavy atom. The smallest absolute Gasteiger partial charge is 0.336 e. The van der Waals surface area contributed by atoms with Crippen molar-refractivity contribution in [2.45, 2.75) is 20.4 Å². The van der Waals surface area contributed by atoms with Crippen molar-refractivity contribution in [1.82, 2.24) is 9.13 Å². The van der Waals surface area contributed by atoms with Crippen molar-refractivity contribution in [2.24, 2.45) is 0 Å². The van der Waals surface area contributed by atoms with Crippen LogP contribution in [0.15, 0.2) is 70.3 Å². The van der Waals surface area contributed by atoms with E-state index >= 15 is 0 Å². The van der Waals surface area contributed by atoms with Gasteiger partial charge in [-0.15, -0.1) is 0 Å². The van der Waals surface area contributed by atoms with Gasteiger partial charge in [-0.3, -0.25) is 14.2 Å². The van der Waals surface area contributed by atoms with Crippen molar-refractivity contribution in [2.75, 3.05) is 19.5 Å². The third-order valence-electron chi connectivity index (χ3n) is 5.53. The highest BCUT2D eigenvalue weighted by Crippen LogP contribution is 2.29. The number of carbonyl (C=O) groups is 1. The summed E-state index contributed by atoms with van der Waals surface area (Å²) in [6.45, 7) is 3.47. The Morgan fingerprint density at radius 1 is 0.882 bits per heavy atom. The Kier molecular flexibility index (Phi) is 6.23. The van der Waals surface area contributed by atoms with E-state index in [4.69, 9.17) is 9.47 Å². The molecule has 0 radical (unpaired) electrons. The third kappa shape index (κ3) is 4.30. The predicted molar refractivity (Wildman–Crippen MR) is 131 cm³/mol. The maximum absolute atomic E-state index is 13.5. The van der Waals surface area contributed by atoms with Crippen LogP contribution in [0, 0.1) is 13.8 Å². The molecule has 8 heteroatoms. The summed E-state index contributed by atoms with van der Waals surface area (Å²) in [5, 5.41) is 3.14. The lowest BCUT2D eigenvalue weighted by Gasteiger charge is -2.15. The largest absolute Gasteiger partial charge is 0.493 e. The molecule has 0 bridgehead atoms. The van der Waals surface area contributed by atoms with Crippen molar-refractivity contribution in [3.63, 3.8) is 0 Å². The number of aromatic nitrogens is 2. The molecule has 0 saturated heterocycles. The Hall–Kier alpha value is -4.33. The first-order chi connectivity index (χ1) is 16.3. The van der Waals surface area contributed by atoms with E-state index in [1.807, 2.05) is 19.9 Å². The number of ether oxygens (including phenoxy) is 2. The first-order valence-corrected chi connectivity index (χ1v) is 10.7. The molecule has 3 aromatic carbocycles. The van der Waals surface area contributed by atoms with E-state index in [1.165, 1.54) is 18.8 Å². The molecular weight excluding hydrogens is 434 g/mol. The lowest BCUT2D eigenvalue weighted by molar-refractivity contribution is -0.116. The van der Waals surface area contributed by atoms with Gasteiger partial charge in [0.2, 0.25) is 5.91 Å². The molecule has 8 nitrogen and oxygen atoms in total. The summed E-state index contributed by atoms with van der Waals surface area (Å²) in [4.78, 5) is 39.7. The van der Waals surface area contributed by atoms with Crippen LogP contribution in [0.5, 0.6) is 11.5 Å². The molecule has 0 aliphatic rings. The minimum atomic E-state index is -0.589. The van der Waals surface area contributed by atoms with Gasteiger partial charge in [-0.25, -0.2) is 9.36 Å². The van der Waals surface area contributed by atoms with Gasteiger partial charge in [0.05, 0.1) is 30.8 Å². The number of nitrogens with one attached hydrogen (secondary N) is 1. The number of hydrogen-bond donors (Lipinski definition) is 1. The maximum Gasteiger partial charge on any atom is 0.336 e. The minimum absolute atomic E-state index is 0.279. The Morgan fingerprint density at radius 2 is 1.62 bits per heavy atom. The molecule has 0 saturated carbocycles. The van der Waals surface area contributed by atoms with Crippen LogP contribution < -0.4 is 26.0 Å². The number of aryl methyl sites for hydroxylation is 2. The summed E-state index contributed by atoms with van der Waals surface area (Å²) in [5.74, 6) is 0.570. The van der Waals surface area contributed by atoms with Gasteiger partial charge < -0.3 is 14.8 Å². The average Bonchev–Trinajstić information content (AvgIpc) is 2.82. The summed E-state index contributed by atoms with van der Waals surface area (Å²) in [6.07, 6.45) is 0. The molecule has 0 aliphatic carbocycles. The summed E-state index contributed by atoms with van der Waals surface area (Å²) < 4.78 is 12.9. The van der Waals surface area contributed by atoms with Crippen LogP contribution in [0.4, 0.5) is 5.69 Å². The fraction of sp³-hybridized carbons (Fsp3) is 0.192. The molecule has 1 N–H and O–H groups in total. The molecular formula is C26H25N3O5. The zero-order valence-electron chi connectivity index (χ0n) is 19.4. The normalized spacial score (nSPS) is 10.8. The molecule has 174 valence electrons. The SMILES string of the molecule is COc1ccc(NC(=O)Cn2c(=O)n(-c3cccc(C)c3)c(=O)c3cc(C)ccc32)cc1OC. The molecule has 0 unspecified atom stereocenters. The molecule has 34 heavy (non-hydrogen) atoms. The number of hydrogen-bond acceptors (Lipinski definition) is 5. The number of carbonyl (C=O) groups excluding carboxylic acids is 1. The molecule has 0 atom stereocenters. The van der Waals surface area contributed by atoms with E-state index in [0.717, 1.165) is 15.7 Å². The molecule has 0 fully saturated rings. The number of benzene rings is 3. The quantitative estimate of drug-likeness (QED) is 0.477. The molecule has 1 aromatic heterocycles. The van der Waals surface area contributed by atoms with Crippen molar-refractivity contribution in [1.29, 1.82) is 0 Å². The Labute approximate surface area is 196 Å². The van der Waals surface area contributed by atoms with Gasteiger partial charge >= 0.3 is 5.69 Å². The topological polar surface area (TPSA) is 91.6 Å². The van der Waals surface area contributed by atoms with Gasteiger partial charge in [0, 0.05) is 11.8 Å². The first kappa shape index (κ1) is 22.8. The van der Waals surface area contributed by atoms with Gasteiger partial charge in [-0.2, -0.15) is 0 Å². The standard InChI is InChI=1S/C26H25N3O5/c1-16-6-5-7-19(12-16)29-25(31)20-13-17(2)8-10-21(20)28(26(29)32)15-24(30)27-18-9-11-22(33-3)23(14-18)34-4/h5-14H,15H2,1-4H3,(H,27,30). The molecule has 0 aliphatic heterocycles. The van der Waals surface area contributed by atoms with Gasteiger partial charge in [0.1, 0.15) is 6.54 Å². The molecule has 1 amide bonds. The van der Waals surface area contributed by atoms with Crippen LogP contribution in [-0.2, 0) is 11.3 Å². The first-order valence-electron chi connectivity index (χ1n) is 10.7. The molecule has 4 rings (SSSR count). The average molecular weight is 460 g/mol. The fourth-order valence-electron chi connectivity index (χ4n) is 3.89.